The van der Waals surface area contributed by atoms with Crippen LogP contribution in [0, 0.1) is 17.3 Å². The van der Waals surface area contributed by atoms with Gasteiger partial charge in [-0.2, -0.15) is 0 Å². The second-order valence-electron chi connectivity index (χ2n) is 7.69. The van der Waals surface area contributed by atoms with Crippen molar-refractivity contribution in [3.8, 4) is 11.8 Å². The fourth-order valence-electron chi connectivity index (χ4n) is 4.94. The number of carbonyl (C=O) groups excluding carboxylic acids is 1. The fraction of sp³-hybridized carbons (Fsp3) is 0.500. The molecule has 2 spiro atoms. The molecule has 3 heteroatoms. The van der Waals surface area contributed by atoms with E-state index >= 15 is 0 Å². The summed E-state index contributed by atoms with van der Waals surface area (Å²) in [4.78, 5) is 13.1. The lowest BCUT2D eigenvalue weighted by Gasteiger charge is -2.46. The van der Waals surface area contributed by atoms with Crippen molar-refractivity contribution in [2.24, 2.45) is 5.41 Å². The zero-order valence-corrected chi connectivity index (χ0v) is 14.6. The summed E-state index contributed by atoms with van der Waals surface area (Å²) in [6.07, 6.45) is 11.3. The Bertz CT molecular complexity index is 751. The Labute approximate surface area is 149 Å². The van der Waals surface area contributed by atoms with E-state index in [1.54, 1.807) is 0 Å². The Morgan fingerprint density at radius 1 is 1.00 bits per heavy atom. The monoisotopic (exact) mass is 335 g/mol. The highest BCUT2D eigenvalue weighted by molar-refractivity contribution is 5.90. The zero-order valence-electron chi connectivity index (χ0n) is 14.6. The number of nitrogens with one attached hydrogen (secondary N) is 1. The molecule has 1 heterocycles. The first-order valence-corrected chi connectivity index (χ1v) is 9.43. The van der Waals surface area contributed by atoms with Crippen LogP contribution in [0.4, 0.5) is 0 Å². The van der Waals surface area contributed by atoms with E-state index in [4.69, 9.17) is 0 Å². The number of rotatable bonds is 0. The van der Waals surface area contributed by atoms with Crippen LogP contribution in [0.15, 0.2) is 42.5 Å². The number of allylic oxidation sites excluding steroid dienone is 1. The minimum absolute atomic E-state index is 0.0105. The molecule has 2 N–H and O–H groups in total. The molecule has 2 aliphatic carbocycles. The van der Waals surface area contributed by atoms with Crippen LogP contribution in [0.3, 0.4) is 0 Å². The number of hydrogen-bond donors (Lipinski definition) is 2. The van der Waals surface area contributed by atoms with Crippen molar-refractivity contribution in [3.05, 3.63) is 48.0 Å². The molecule has 25 heavy (non-hydrogen) atoms. The molecule has 1 aliphatic heterocycles. The summed E-state index contributed by atoms with van der Waals surface area (Å²) in [5, 5.41) is 15.1. The van der Waals surface area contributed by atoms with Crippen molar-refractivity contribution in [2.45, 2.75) is 62.5 Å². The molecule has 2 unspecified atom stereocenters. The summed E-state index contributed by atoms with van der Waals surface area (Å²) < 4.78 is 0. The summed E-state index contributed by atoms with van der Waals surface area (Å²) in [5.74, 6) is 6.35. The number of carbonyl (C=O) groups is 1. The minimum atomic E-state index is -1.36. The van der Waals surface area contributed by atoms with Gasteiger partial charge in [0.15, 0.2) is 5.60 Å². The summed E-state index contributed by atoms with van der Waals surface area (Å²) in [6.45, 7) is 0. The SMILES string of the molecule is O=C1NC2(C=CCCC2)C(O)(C#Cc2ccccc2)C12CCCCC2. The predicted molar refractivity (Wildman–Crippen MR) is 97.7 cm³/mol. The number of amides is 1. The van der Waals surface area contributed by atoms with E-state index in [2.05, 4.69) is 23.2 Å². The molecule has 1 amide bonds. The highest BCUT2D eigenvalue weighted by Gasteiger charge is 2.70. The lowest BCUT2D eigenvalue weighted by Crippen LogP contribution is -2.60. The fourth-order valence-corrected chi connectivity index (χ4v) is 4.94. The topological polar surface area (TPSA) is 49.3 Å². The maximum atomic E-state index is 13.1. The molecule has 130 valence electrons. The number of hydrogen-bond acceptors (Lipinski definition) is 2. The lowest BCUT2D eigenvalue weighted by molar-refractivity contribution is -0.137. The van der Waals surface area contributed by atoms with Gasteiger partial charge in [0.2, 0.25) is 5.91 Å². The first-order chi connectivity index (χ1) is 12.1. The third-order valence-corrected chi connectivity index (χ3v) is 6.32. The molecule has 1 saturated carbocycles. The maximum absolute atomic E-state index is 13.1. The maximum Gasteiger partial charge on any atom is 0.231 e. The third kappa shape index (κ3) is 2.35. The first kappa shape index (κ1) is 16.4. The van der Waals surface area contributed by atoms with Crippen LogP contribution in [0.2, 0.25) is 0 Å². The highest BCUT2D eigenvalue weighted by atomic mass is 16.3. The van der Waals surface area contributed by atoms with E-state index in [0.29, 0.717) is 12.8 Å². The zero-order chi connectivity index (χ0) is 17.4. The third-order valence-electron chi connectivity index (χ3n) is 6.32. The molecule has 0 radical (unpaired) electrons. The standard InChI is InChI=1S/C22H25NO2/c24-19-20(13-6-2-7-14-20)22(25,17-12-18-10-4-1-5-11-18)21(23-19)15-8-3-9-16-21/h1,4-5,8,10-11,15,25H,2-3,6-7,9,13-14,16H2,(H,23,24). The Morgan fingerprint density at radius 2 is 1.76 bits per heavy atom. The Morgan fingerprint density at radius 3 is 2.44 bits per heavy atom. The molecule has 1 aromatic carbocycles. The van der Waals surface area contributed by atoms with Gasteiger partial charge in [-0.1, -0.05) is 61.5 Å². The molecular weight excluding hydrogens is 310 g/mol. The van der Waals surface area contributed by atoms with Crippen LogP contribution in [-0.2, 0) is 4.79 Å². The van der Waals surface area contributed by atoms with Gasteiger partial charge in [0, 0.05) is 5.56 Å². The summed E-state index contributed by atoms with van der Waals surface area (Å²) in [5.41, 5.74) is -2.02. The summed E-state index contributed by atoms with van der Waals surface area (Å²) >= 11 is 0. The average molecular weight is 335 g/mol. The Hall–Kier alpha value is -2.05. The Kier molecular flexibility index (Phi) is 3.96. The van der Waals surface area contributed by atoms with Gasteiger partial charge in [-0.3, -0.25) is 4.79 Å². The van der Waals surface area contributed by atoms with Gasteiger partial charge in [0.05, 0.1) is 11.0 Å². The van der Waals surface area contributed by atoms with Gasteiger partial charge in [-0.05, 0) is 44.2 Å². The van der Waals surface area contributed by atoms with Gasteiger partial charge in [-0.25, -0.2) is 0 Å². The molecule has 2 atom stereocenters. The van der Waals surface area contributed by atoms with Crippen molar-refractivity contribution in [1.82, 2.24) is 5.32 Å². The number of aliphatic hydroxyl groups is 1. The van der Waals surface area contributed by atoms with E-state index in [9.17, 15) is 9.90 Å². The normalized spacial score (nSPS) is 33.1. The van der Waals surface area contributed by atoms with Crippen molar-refractivity contribution < 1.29 is 9.90 Å². The van der Waals surface area contributed by atoms with Crippen molar-refractivity contribution in [1.29, 1.82) is 0 Å². The van der Waals surface area contributed by atoms with Crippen LogP contribution >= 0.6 is 0 Å². The second kappa shape index (κ2) is 6.04. The van der Waals surface area contributed by atoms with E-state index < -0.39 is 16.6 Å². The van der Waals surface area contributed by atoms with Crippen LogP contribution < -0.4 is 5.32 Å². The molecule has 4 rings (SSSR count). The number of benzene rings is 1. The van der Waals surface area contributed by atoms with E-state index in [0.717, 1.165) is 44.1 Å². The molecule has 1 saturated heterocycles. The smallest absolute Gasteiger partial charge is 0.231 e. The Balaban J connectivity index is 1.85. The lowest BCUT2D eigenvalue weighted by atomic mass is 9.58. The summed E-state index contributed by atoms with van der Waals surface area (Å²) in [7, 11) is 0. The molecule has 0 bridgehead atoms. The van der Waals surface area contributed by atoms with Gasteiger partial charge < -0.3 is 10.4 Å². The molecule has 3 nitrogen and oxygen atoms in total. The van der Waals surface area contributed by atoms with Gasteiger partial charge in [-0.15, -0.1) is 0 Å². The highest BCUT2D eigenvalue weighted by Crippen LogP contribution is 2.56. The average Bonchev–Trinajstić information content (AvgIpc) is 2.82. The van der Waals surface area contributed by atoms with Gasteiger partial charge in [0.1, 0.15) is 0 Å². The largest absolute Gasteiger partial charge is 0.374 e. The quantitative estimate of drug-likeness (QED) is 0.564. The van der Waals surface area contributed by atoms with Crippen molar-refractivity contribution in [3.63, 3.8) is 0 Å². The predicted octanol–water partition coefficient (Wildman–Crippen LogP) is 3.33. The van der Waals surface area contributed by atoms with Gasteiger partial charge in [0.25, 0.3) is 0 Å². The van der Waals surface area contributed by atoms with Crippen LogP contribution in [-0.4, -0.2) is 22.2 Å². The van der Waals surface area contributed by atoms with Crippen molar-refractivity contribution in [2.75, 3.05) is 0 Å². The first-order valence-electron chi connectivity index (χ1n) is 9.43. The van der Waals surface area contributed by atoms with E-state index in [1.165, 1.54) is 0 Å². The molecular formula is C22H25NO2. The minimum Gasteiger partial charge on any atom is -0.374 e. The second-order valence-corrected chi connectivity index (χ2v) is 7.69. The van der Waals surface area contributed by atoms with Crippen LogP contribution in [0.1, 0.15) is 56.9 Å². The van der Waals surface area contributed by atoms with Crippen LogP contribution in [0.5, 0.6) is 0 Å². The van der Waals surface area contributed by atoms with Gasteiger partial charge >= 0.3 is 0 Å². The molecule has 2 fully saturated rings. The van der Waals surface area contributed by atoms with E-state index in [1.807, 2.05) is 36.4 Å². The summed E-state index contributed by atoms with van der Waals surface area (Å²) in [6, 6.07) is 9.72. The van der Waals surface area contributed by atoms with Crippen LogP contribution in [0.25, 0.3) is 0 Å². The molecule has 0 aromatic heterocycles. The van der Waals surface area contributed by atoms with E-state index in [-0.39, 0.29) is 5.91 Å². The molecule has 1 aromatic rings. The van der Waals surface area contributed by atoms with Crippen molar-refractivity contribution >= 4 is 5.91 Å². The molecule has 3 aliphatic rings.